The summed E-state index contributed by atoms with van der Waals surface area (Å²) in [7, 11) is 5.65. The van der Waals surface area contributed by atoms with E-state index in [0.717, 1.165) is 37.0 Å². The summed E-state index contributed by atoms with van der Waals surface area (Å²) >= 11 is 0. The zero-order valence-corrected chi connectivity index (χ0v) is 15.3. The predicted octanol–water partition coefficient (Wildman–Crippen LogP) is 2.31. The lowest BCUT2D eigenvalue weighted by atomic mass is 10.0. The third-order valence-corrected chi connectivity index (χ3v) is 4.52. The van der Waals surface area contributed by atoms with Crippen molar-refractivity contribution in [1.29, 1.82) is 0 Å². The van der Waals surface area contributed by atoms with Crippen LogP contribution in [0.2, 0.25) is 0 Å². The van der Waals surface area contributed by atoms with E-state index in [1.165, 1.54) is 18.5 Å². The van der Waals surface area contributed by atoms with Crippen LogP contribution in [0.1, 0.15) is 18.5 Å². The number of hydrogen-bond acceptors (Lipinski definition) is 6. The number of hydrogen-bond donors (Lipinski definition) is 1. The minimum atomic E-state index is 0.441. The minimum absolute atomic E-state index is 0.441. The molecular formula is C19H27N5O. The fourth-order valence-corrected chi connectivity index (χ4v) is 3.20. The van der Waals surface area contributed by atoms with Gasteiger partial charge in [0.15, 0.2) is 0 Å². The van der Waals surface area contributed by atoms with Crippen LogP contribution in [0.25, 0.3) is 0 Å². The Balaban J connectivity index is 1.61. The molecule has 2 heterocycles. The Labute approximate surface area is 149 Å². The van der Waals surface area contributed by atoms with Crippen molar-refractivity contribution in [2.75, 3.05) is 44.1 Å². The van der Waals surface area contributed by atoms with Crippen LogP contribution >= 0.6 is 0 Å². The van der Waals surface area contributed by atoms with Gasteiger partial charge in [-0.3, -0.25) is 0 Å². The van der Waals surface area contributed by atoms with Crippen LogP contribution in [-0.2, 0) is 6.54 Å². The van der Waals surface area contributed by atoms with Crippen LogP contribution in [0.3, 0.4) is 0 Å². The summed E-state index contributed by atoms with van der Waals surface area (Å²) < 4.78 is 5.51. The molecule has 0 spiro atoms. The van der Waals surface area contributed by atoms with Crippen molar-refractivity contribution in [1.82, 2.24) is 15.3 Å². The molecule has 0 unspecified atom stereocenters. The molecule has 6 nitrogen and oxygen atoms in total. The third kappa shape index (κ3) is 4.39. The van der Waals surface area contributed by atoms with E-state index in [1.54, 1.807) is 7.11 Å². The number of para-hydroxylation sites is 2. The zero-order chi connectivity index (χ0) is 17.6. The molecule has 1 aromatic heterocycles. The maximum atomic E-state index is 5.51. The predicted molar refractivity (Wildman–Crippen MR) is 101 cm³/mol. The Bertz CT molecular complexity index is 691. The van der Waals surface area contributed by atoms with Gasteiger partial charge in [0.05, 0.1) is 18.5 Å². The number of methoxy groups -OCH3 is 1. The highest BCUT2D eigenvalue weighted by atomic mass is 16.5. The molecule has 6 heteroatoms. The normalized spacial score (nSPS) is 17.4. The molecule has 1 N–H and O–H groups in total. The number of aromatic nitrogens is 2. The fourth-order valence-electron chi connectivity index (χ4n) is 3.20. The molecule has 1 atom stereocenters. The lowest BCUT2D eigenvalue weighted by Gasteiger charge is -2.35. The molecule has 0 saturated carbocycles. The highest BCUT2D eigenvalue weighted by Crippen LogP contribution is 2.29. The van der Waals surface area contributed by atoms with E-state index < -0.39 is 0 Å². The molecule has 1 saturated heterocycles. The Hall–Kier alpha value is -2.34. The van der Waals surface area contributed by atoms with Crippen molar-refractivity contribution in [3.63, 3.8) is 0 Å². The summed E-state index contributed by atoms with van der Waals surface area (Å²) in [6, 6.07) is 10.7. The summed E-state index contributed by atoms with van der Waals surface area (Å²) in [6.07, 6.45) is 4.17. The van der Waals surface area contributed by atoms with Gasteiger partial charge in [-0.25, -0.2) is 9.97 Å². The molecule has 1 fully saturated rings. The first-order valence-electron chi connectivity index (χ1n) is 8.78. The van der Waals surface area contributed by atoms with Crippen molar-refractivity contribution in [3.8, 4) is 5.75 Å². The molecule has 1 aliphatic heterocycles. The van der Waals surface area contributed by atoms with Gasteiger partial charge in [-0.1, -0.05) is 12.1 Å². The van der Waals surface area contributed by atoms with E-state index >= 15 is 0 Å². The quantitative estimate of drug-likeness (QED) is 0.870. The van der Waals surface area contributed by atoms with Crippen LogP contribution in [0.4, 0.5) is 11.6 Å². The highest BCUT2D eigenvalue weighted by molar-refractivity contribution is 5.58. The number of rotatable bonds is 6. The first-order chi connectivity index (χ1) is 12.2. The number of benzene rings is 1. The van der Waals surface area contributed by atoms with E-state index in [4.69, 9.17) is 4.74 Å². The standard InChI is InChI=1S/C19H27N5O/c1-23(2)19-20-11-10-15(22-19)13-21-16-7-6-12-24(14-16)17-8-4-5-9-18(17)25-3/h4-5,8-11,16,21H,6-7,12-14H2,1-3H3/t16-/m1/s1. The van der Waals surface area contributed by atoms with E-state index in [-0.39, 0.29) is 0 Å². The summed E-state index contributed by atoms with van der Waals surface area (Å²) in [4.78, 5) is 13.2. The molecular weight excluding hydrogens is 314 g/mol. The van der Waals surface area contributed by atoms with Gasteiger partial charge in [0.25, 0.3) is 0 Å². The highest BCUT2D eigenvalue weighted by Gasteiger charge is 2.21. The number of piperidine rings is 1. The van der Waals surface area contributed by atoms with Crippen LogP contribution in [0, 0.1) is 0 Å². The van der Waals surface area contributed by atoms with Crippen molar-refractivity contribution in [2.24, 2.45) is 0 Å². The number of nitrogens with one attached hydrogen (secondary N) is 1. The van der Waals surface area contributed by atoms with Gasteiger partial charge in [-0.15, -0.1) is 0 Å². The summed E-state index contributed by atoms with van der Waals surface area (Å²) in [5.41, 5.74) is 2.20. The van der Waals surface area contributed by atoms with Gasteiger partial charge in [0, 0.05) is 46.0 Å². The van der Waals surface area contributed by atoms with Gasteiger partial charge < -0.3 is 19.9 Å². The van der Waals surface area contributed by atoms with Crippen molar-refractivity contribution < 1.29 is 4.74 Å². The summed E-state index contributed by atoms with van der Waals surface area (Å²) in [6.45, 7) is 2.80. The van der Waals surface area contributed by atoms with Gasteiger partial charge in [-0.05, 0) is 31.0 Å². The minimum Gasteiger partial charge on any atom is -0.495 e. The molecule has 3 rings (SSSR count). The Kier molecular flexibility index (Phi) is 5.71. The number of ether oxygens (including phenoxy) is 1. The molecule has 0 radical (unpaired) electrons. The Morgan fingerprint density at radius 1 is 1.28 bits per heavy atom. The van der Waals surface area contributed by atoms with Crippen LogP contribution in [0.15, 0.2) is 36.5 Å². The second-order valence-electron chi connectivity index (χ2n) is 6.58. The first-order valence-corrected chi connectivity index (χ1v) is 8.78. The second kappa shape index (κ2) is 8.16. The van der Waals surface area contributed by atoms with Crippen molar-refractivity contribution >= 4 is 11.6 Å². The second-order valence-corrected chi connectivity index (χ2v) is 6.58. The van der Waals surface area contributed by atoms with Crippen LogP contribution < -0.4 is 19.9 Å². The summed E-state index contributed by atoms with van der Waals surface area (Å²) in [5, 5.41) is 3.65. The average Bonchev–Trinajstić information content (AvgIpc) is 2.67. The molecule has 25 heavy (non-hydrogen) atoms. The SMILES string of the molecule is COc1ccccc1N1CCC[C@@H](NCc2ccnc(N(C)C)n2)C1. The molecule has 0 aliphatic carbocycles. The Morgan fingerprint density at radius 2 is 2.12 bits per heavy atom. The lowest BCUT2D eigenvalue weighted by Crippen LogP contribution is -2.45. The molecule has 134 valence electrons. The van der Waals surface area contributed by atoms with E-state index in [9.17, 15) is 0 Å². The van der Waals surface area contributed by atoms with Gasteiger partial charge in [0.1, 0.15) is 5.75 Å². The molecule has 2 aromatic rings. The smallest absolute Gasteiger partial charge is 0.225 e. The average molecular weight is 341 g/mol. The van der Waals surface area contributed by atoms with Gasteiger partial charge in [-0.2, -0.15) is 0 Å². The number of nitrogens with zero attached hydrogens (tertiary/aromatic N) is 4. The fraction of sp³-hybridized carbons (Fsp3) is 0.474. The third-order valence-electron chi connectivity index (χ3n) is 4.52. The van der Waals surface area contributed by atoms with Gasteiger partial charge >= 0.3 is 0 Å². The molecule has 1 aromatic carbocycles. The van der Waals surface area contributed by atoms with E-state index in [0.29, 0.717) is 6.04 Å². The Morgan fingerprint density at radius 3 is 2.92 bits per heavy atom. The van der Waals surface area contributed by atoms with E-state index in [2.05, 4.69) is 32.3 Å². The van der Waals surface area contributed by atoms with Crippen LogP contribution in [-0.4, -0.2) is 50.3 Å². The van der Waals surface area contributed by atoms with Crippen LogP contribution in [0.5, 0.6) is 5.75 Å². The molecule has 0 bridgehead atoms. The summed E-state index contributed by atoms with van der Waals surface area (Å²) in [5.74, 6) is 1.69. The van der Waals surface area contributed by atoms with Crippen molar-refractivity contribution in [3.05, 3.63) is 42.2 Å². The first kappa shape index (κ1) is 17.5. The topological polar surface area (TPSA) is 53.5 Å². The monoisotopic (exact) mass is 341 g/mol. The molecule has 1 aliphatic rings. The zero-order valence-electron chi connectivity index (χ0n) is 15.3. The molecule has 0 amide bonds. The van der Waals surface area contributed by atoms with E-state index in [1.807, 2.05) is 43.4 Å². The van der Waals surface area contributed by atoms with Gasteiger partial charge in [0.2, 0.25) is 5.95 Å². The lowest BCUT2D eigenvalue weighted by molar-refractivity contribution is 0.399. The largest absolute Gasteiger partial charge is 0.495 e. The maximum Gasteiger partial charge on any atom is 0.225 e. The number of anilines is 2. The maximum absolute atomic E-state index is 5.51. The van der Waals surface area contributed by atoms with Crippen molar-refractivity contribution in [2.45, 2.75) is 25.4 Å².